The summed E-state index contributed by atoms with van der Waals surface area (Å²) in [6.45, 7) is 2.51. The second kappa shape index (κ2) is 7.51. The van der Waals surface area contributed by atoms with Crippen LogP contribution in [0.25, 0.3) is 22.1 Å². The van der Waals surface area contributed by atoms with E-state index >= 15 is 0 Å². The van der Waals surface area contributed by atoms with E-state index in [9.17, 15) is 4.79 Å². The van der Waals surface area contributed by atoms with Gasteiger partial charge in [0, 0.05) is 36.0 Å². The van der Waals surface area contributed by atoms with Crippen LogP contribution in [0.15, 0.2) is 41.8 Å². The van der Waals surface area contributed by atoms with Crippen molar-refractivity contribution < 1.29 is 4.79 Å². The predicted octanol–water partition coefficient (Wildman–Crippen LogP) is 3.19. The molecule has 31 heavy (non-hydrogen) atoms. The Hall–Kier alpha value is -3.72. The monoisotopic (exact) mass is 434 g/mol. The number of carbonyl (C=O) groups excluding carboxylic acids is 1. The number of aliphatic imine (C=N–C) groups is 1. The van der Waals surface area contributed by atoms with E-state index in [1.165, 1.54) is 4.52 Å². The van der Waals surface area contributed by atoms with Crippen molar-refractivity contribution in [1.82, 2.24) is 30.1 Å². The minimum absolute atomic E-state index is 0.122. The van der Waals surface area contributed by atoms with Gasteiger partial charge in [0.05, 0.1) is 29.3 Å². The number of fused-ring (bicyclic) bond motifs is 2. The van der Waals surface area contributed by atoms with Crippen LogP contribution in [0.1, 0.15) is 40.9 Å². The molecule has 3 aromatic heterocycles. The maximum atomic E-state index is 13.1. The normalized spacial score (nSPS) is 14.7. The van der Waals surface area contributed by atoms with Gasteiger partial charge < -0.3 is 11.1 Å². The standard InChI is InChI=1S/C21H19ClN8O/c1-11(27-21(31)17-19(23)29-30-8-2-5-25-20(17)30)13-9-15(22)14-10-26-28-18(14)16(13)12-3-6-24-7-4-12/h2-3,5,7-11H,4,6H2,1H3,(H2,23,29)(H,26,28)(H,27,31). The molecular weight excluding hydrogens is 416 g/mol. The number of aromatic nitrogens is 5. The molecule has 0 bridgehead atoms. The van der Waals surface area contributed by atoms with Gasteiger partial charge in [0.2, 0.25) is 0 Å². The van der Waals surface area contributed by atoms with Gasteiger partial charge in [-0.25, -0.2) is 9.50 Å². The molecular formula is C21H19ClN8O. The van der Waals surface area contributed by atoms with E-state index in [2.05, 4.69) is 36.7 Å². The minimum Gasteiger partial charge on any atom is -0.381 e. The number of nitrogen functional groups attached to an aromatic ring is 1. The maximum absolute atomic E-state index is 13.1. The summed E-state index contributed by atoms with van der Waals surface area (Å²) in [6, 6.07) is 3.23. The van der Waals surface area contributed by atoms with E-state index in [-0.39, 0.29) is 23.3 Å². The summed E-state index contributed by atoms with van der Waals surface area (Å²) in [5, 5.41) is 15.8. The van der Waals surface area contributed by atoms with Gasteiger partial charge in [0.1, 0.15) is 5.56 Å². The van der Waals surface area contributed by atoms with Crippen molar-refractivity contribution in [3.63, 3.8) is 0 Å². The number of hydrogen-bond donors (Lipinski definition) is 3. The predicted molar refractivity (Wildman–Crippen MR) is 120 cm³/mol. The molecule has 4 N–H and O–H groups in total. The second-order valence-electron chi connectivity index (χ2n) is 7.31. The molecule has 1 atom stereocenters. The van der Waals surface area contributed by atoms with Crippen LogP contribution in [0.2, 0.25) is 5.02 Å². The Balaban J connectivity index is 1.57. The quantitative estimate of drug-likeness (QED) is 0.454. The summed E-state index contributed by atoms with van der Waals surface area (Å²) in [5.74, 6) is -0.235. The molecule has 4 heterocycles. The Kier molecular flexibility index (Phi) is 4.67. The van der Waals surface area contributed by atoms with E-state index in [1.54, 1.807) is 24.7 Å². The van der Waals surface area contributed by atoms with Crippen LogP contribution in [0.5, 0.6) is 0 Å². The highest BCUT2D eigenvalue weighted by Crippen LogP contribution is 2.37. The number of benzene rings is 1. The van der Waals surface area contributed by atoms with E-state index < -0.39 is 0 Å². The first kappa shape index (κ1) is 19.3. The molecule has 0 spiro atoms. The molecule has 0 saturated heterocycles. The highest BCUT2D eigenvalue weighted by molar-refractivity contribution is 6.35. The minimum atomic E-state index is -0.370. The zero-order valence-electron chi connectivity index (χ0n) is 16.6. The molecule has 0 fully saturated rings. The zero-order valence-corrected chi connectivity index (χ0v) is 17.4. The number of allylic oxidation sites excluding steroid dienone is 1. The first-order chi connectivity index (χ1) is 15.0. The summed E-state index contributed by atoms with van der Waals surface area (Å²) >= 11 is 6.54. The number of anilines is 1. The summed E-state index contributed by atoms with van der Waals surface area (Å²) < 4.78 is 1.49. The van der Waals surface area contributed by atoms with Crippen molar-refractivity contribution in [2.24, 2.45) is 4.99 Å². The Morgan fingerprint density at radius 3 is 3.10 bits per heavy atom. The number of aromatic amines is 1. The third-order valence-electron chi connectivity index (χ3n) is 5.39. The molecule has 10 heteroatoms. The van der Waals surface area contributed by atoms with Crippen molar-refractivity contribution in [2.75, 3.05) is 12.3 Å². The number of halogens is 1. The Bertz CT molecular complexity index is 1380. The second-order valence-corrected chi connectivity index (χ2v) is 7.71. The number of rotatable bonds is 4. The lowest BCUT2D eigenvalue weighted by Gasteiger charge is -2.21. The first-order valence-corrected chi connectivity index (χ1v) is 10.1. The van der Waals surface area contributed by atoms with E-state index in [0.29, 0.717) is 23.6 Å². The summed E-state index contributed by atoms with van der Waals surface area (Å²) in [6.07, 6.45) is 9.66. The summed E-state index contributed by atoms with van der Waals surface area (Å²) in [4.78, 5) is 21.7. The number of hydrogen-bond acceptors (Lipinski definition) is 6. The lowest BCUT2D eigenvalue weighted by atomic mass is 9.90. The van der Waals surface area contributed by atoms with Crippen LogP contribution in [-0.2, 0) is 0 Å². The van der Waals surface area contributed by atoms with E-state index in [1.807, 2.05) is 19.2 Å². The Morgan fingerprint density at radius 1 is 1.42 bits per heavy atom. The van der Waals surface area contributed by atoms with E-state index in [0.717, 1.165) is 27.6 Å². The number of nitrogens with zero attached hydrogens (tertiary/aromatic N) is 5. The largest absolute Gasteiger partial charge is 0.381 e. The Labute approximate surface area is 182 Å². The summed E-state index contributed by atoms with van der Waals surface area (Å²) in [7, 11) is 0. The average molecular weight is 435 g/mol. The smallest absolute Gasteiger partial charge is 0.259 e. The summed E-state index contributed by atoms with van der Waals surface area (Å²) in [5.41, 5.74) is 10.4. The molecule has 1 unspecified atom stereocenters. The van der Waals surface area contributed by atoms with Gasteiger partial charge in [-0.1, -0.05) is 17.7 Å². The van der Waals surface area contributed by atoms with Crippen LogP contribution < -0.4 is 11.1 Å². The molecule has 5 rings (SSSR count). The van der Waals surface area contributed by atoms with Crippen molar-refractivity contribution in [2.45, 2.75) is 19.4 Å². The van der Waals surface area contributed by atoms with Gasteiger partial charge in [-0.3, -0.25) is 14.9 Å². The molecule has 9 nitrogen and oxygen atoms in total. The third-order valence-corrected chi connectivity index (χ3v) is 5.70. The number of amides is 1. The van der Waals surface area contributed by atoms with Crippen molar-refractivity contribution in [1.29, 1.82) is 0 Å². The average Bonchev–Trinajstić information content (AvgIpc) is 3.38. The molecule has 1 aliphatic heterocycles. The van der Waals surface area contributed by atoms with E-state index in [4.69, 9.17) is 17.3 Å². The molecule has 0 aliphatic carbocycles. The fourth-order valence-corrected chi connectivity index (χ4v) is 4.19. The van der Waals surface area contributed by atoms with Crippen LogP contribution in [0.3, 0.4) is 0 Å². The Morgan fingerprint density at radius 2 is 2.29 bits per heavy atom. The van der Waals surface area contributed by atoms with Gasteiger partial charge in [0.15, 0.2) is 11.5 Å². The highest BCUT2D eigenvalue weighted by atomic mass is 35.5. The molecule has 1 aromatic carbocycles. The molecule has 0 radical (unpaired) electrons. The van der Waals surface area contributed by atoms with Crippen molar-refractivity contribution >= 4 is 51.7 Å². The number of nitrogens with two attached hydrogens (primary N) is 1. The van der Waals surface area contributed by atoms with Crippen molar-refractivity contribution in [3.8, 4) is 0 Å². The van der Waals surface area contributed by atoms with Crippen LogP contribution in [0, 0.1) is 0 Å². The third kappa shape index (κ3) is 3.23. The number of nitrogens with one attached hydrogen (secondary N) is 2. The number of H-pyrrole nitrogens is 1. The maximum Gasteiger partial charge on any atom is 0.259 e. The molecule has 4 aromatic rings. The van der Waals surface area contributed by atoms with Crippen LogP contribution in [0.4, 0.5) is 5.82 Å². The SMILES string of the molecule is CC(NC(=O)c1c(N)nn2cccnc12)c1cc(Cl)c2cn[nH]c2c1C1=CCN=CC1. The van der Waals surface area contributed by atoms with Gasteiger partial charge in [0.25, 0.3) is 5.91 Å². The lowest BCUT2D eigenvalue weighted by Crippen LogP contribution is -2.28. The first-order valence-electron chi connectivity index (χ1n) is 9.77. The zero-order chi connectivity index (χ0) is 21.5. The van der Waals surface area contributed by atoms with Gasteiger partial charge in [-0.2, -0.15) is 5.10 Å². The number of carbonyl (C=O) groups is 1. The topological polar surface area (TPSA) is 126 Å². The van der Waals surface area contributed by atoms with Crippen LogP contribution in [-0.4, -0.2) is 43.5 Å². The molecule has 1 aliphatic rings. The van der Waals surface area contributed by atoms with Crippen LogP contribution >= 0.6 is 11.6 Å². The van der Waals surface area contributed by atoms with Gasteiger partial charge in [-0.15, -0.1) is 5.10 Å². The van der Waals surface area contributed by atoms with Gasteiger partial charge in [-0.05, 0) is 30.2 Å². The molecule has 0 saturated carbocycles. The fraction of sp³-hybridized carbons (Fsp3) is 0.190. The fourth-order valence-electron chi connectivity index (χ4n) is 3.93. The van der Waals surface area contributed by atoms with Gasteiger partial charge >= 0.3 is 0 Å². The molecule has 1 amide bonds. The molecule has 156 valence electrons. The van der Waals surface area contributed by atoms with Crippen molar-refractivity contribution in [3.05, 3.63) is 58.5 Å². The number of dihydropyridines is 1. The highest BCUT2D eigenvalue weighted by Gasteiger charge is 2.25. The lowest BCUT2D eigenvalue weighted by molar-refractivity contribution is 0.0942.